The fourth-order valence-corrected chi connectivity index (χ4v) is 2.50. The second kappa shape index (κ2) is 5.47. The van der Waals surface area contributed by atoms with Gasteiger partial charge in [-0.1, -0.05) is 29.3 Å². The van der Waals surface area contributed by atoms with Crippen LogP contribution in [0.1, 0.15) is 25.5 Å². The molecule has 0 unspecified atom stereocenters. The van der Waals surface area contributed by atoms with Crippen molar-refractivity contribution in [1.82, 2.24) is 4.90 Å². The van der Waals surface area contributed by atoms with Crippen LogP contribution in [-0.4, -0.2) is 30.0 Å². The SMILES string of the molecule is CCN(CC)C(=O)[C@H]1O[C@H]1c1ccc(Cl)cc1Cl. The number of nitrogens with zero attached hydrogens (tertiary/aromatic N) is 1. The Kier molecular flexibility index (Phi) is 4.15. The summed E-state index contributed by atoms with van der Waals surface area (Å²) < 4.78 is 5.45. The third-order valence-electron chi connectivity index (χ3n) is 3.08. The summed E-state index contributed by atoms with van der Waals surface area (Å²) in [7, 11) is 0. The smallest absolute Gasteiger partial charge is 0.254 e. The maximum Gasteiger partial charge on any atom is 0.254 e. The summed E-state index contributed by atoms with van der Waals surface area (Å²) in [5, 5.41) is 1.12. The Morgan fingerprint density at radius 3 is 2.56 bits per heavy atom. The number of hydrogen-bond acceptors (Lipinski definition) is 2. The first-order valence-corrected chi connectivity index (χ1v) is 6.73. The van der Waals surface area contributed by atoms with Crippen LogP contribution in [0.3, 0.4) is 0 Å². The zero-order valence-corrected chi connectivity index (χ0v) is 11.8. The summed E-state index contributed by atoms with van der Waals surface area (Å²) in [5.41, 5.74) is 0.826. The summed E-state index contributed by atoms with van der Waals surface area (Å²) in [6.45, 7) is 5.29. The van der Waals surface area contributed by atoms with Gasteiger partial charge in [-0.15, -0.1) is 0 Å². The second-order valence-corrected chi connectivity index (χ2v) is 5.00. The monoisotopic (exact) mass is 287 g/mol. The number of amides is 1. The maximum atomic E-state index is 12.1. The van der Waals surface area contributed by atoms with Crippen LogP contribution in [-0.2, 0) is 9.53 Å². The van der Waals surface area contributed by atoms with Crippen LogP contribution in [0.5, 0.6) is 0 Å². The van der Waals surface area contributed by atoms with E-state index in [2.05, 4.69) is 0 Å². The quantitative estimate of drug-likeness (QED) is 0.796. The highest BCUT2D eigenvalue weighted by Gasteiger charge is 2.48. The van der Waals surface area contributed by atoms with E-state index >= 15 is 0 Å². The van der Waals surface area contributed by atoms with Crippen molar-refractivity contribution in [2.24, 2.45) is 0 Å². The Balaban J connectivity index is 2.09. The summed E-state index contributed by atoms with van der Waals surface area (Å²) in [5.74, 6) is 0.0241. The average Bonchev–Trinajstić information content (AvgIpc) is 3.10. The van der Waals surface area contributed by atoms with Crippen LogP contribution in [0.4, 0.5) is 0 Å². The number of carbonyl (C=O) groups is 1. The number of rotatable bonds is 4. The minimum absolute atomic E-state index is 0.0241. The van der Waals surface area contributed by atoms with Crippen molar-refractivity contribution in [3.63, 3.8) is 0 Å². The van der Waals surface area contributed by atoms with E-state index in [0.29, 0.717) is 23.1 Å². The minimum Gasteiger partial charge on any atom is -0.354 e. The lowest BCUT2D eigenvalue weighted by Gasteiger charge is -2.17. The van der Waals surface area contributed by atoms with Crippen molar-refractivity contribution in [3.8, 4) is 0 Å². The van der Waals surface area contributed by atoms with Gasteiger partial charge in [-0.2, -0.15) is 0 Å². The molecule has 1 aliphatic rings. The number of hydrogen-bond donors (Lipinski definition) is 0. The standard InChI is InChI=1S/C13H15Cl2NO2/c1-3-16(4-2)13(17)12-11(18-12)9-6-5-8(14)7-10(9)15/h5-7,11-12H,3-4H2,1-2H3/t11-,12-/m0/s1. The van der Waals surface area contributed by atoms with Gasteiger partial charge < -0.3 is 9.64 Å². The molecular weight excluding hydrogens is 273 g/mol. The number of halogens is 2. The molecule has 2 rings (SSSR count). The summed E-state index contributed by atoms with van der Waals surface area (Å²) in [6, 6.07) is 5.23. The minimum atomic E-state index is -0.399. The molecule has 18 heavy (non-hydrogen) atoms. The molecule has 1 fully saturated rings. The maximum absolute atomic E-state index is 12.1. The van der Waals surface area contributed by atoms with Crippen LogP contribution < -0.4 is 0 Å². The van der Waals surface area contributed by atoms with Crippen molar-refractivity contribution in [2.75, 3.05) is 13.1 Å². The lowest BCUT2D eigenvalue weighted by Crippen LogP contribution is -2.34. The van der Waals surface area contributed by atoms with Gasteiger partial charge >= 0.3 is 0 Å². The van der Waals surface area contributed by atoms with Crippen molar-refractivity contribution < 1.29 is 9.53 Å². The molecule has 1 saturated heterocycles. The van der Waals surface area contributed by atoms with Gasteiger partial charge in [-0.25, -0.2) is 0 Å². The molecule has 1 aromatic rings. The highest BCUT2D eigenvalue weighted by Crippen LogP contribution is 2.43. The Hall–Kier alpha value is -0.770. The van der Waals surface area contributed by atoms with E-state index in [1.807, 2.05) is 19.9 Å². The molecule has 1 aliphatic heterocycles. The van der Waals surface area contributed by atoms with Crippen molar-refractivity contribution >= 4 is 29.1 Å². The molecule has 0 radical (unpaired) electrons. The van der Waals surface area contributed by atoms with Crippen LogP contribution >= 0.6 is 23.2 Å². The number of epoxide rings is 1. The Labute approximate surface area is 117 Å². The van der Waals surface area contributed by atoms with Crippen LogP contribution in [0.25, 0.3) is 0 Å². The number of carbonyl (C=O) groups excluding carboxylic acids is 1. The number of ether oxygens (including phenoxy) is 1. The van der Waals surface area contributed by atoms with E-state index in [1.165, 1.54) is 0 Å². The molecule has 5 heteroatoms. The van der Waals surface area contributed by atoms with Crippen molar-refractivity contribution in [1.29, 1.82) is 0 Å². The van der Waals surface area contributed by atoms with Gasteiger partial charge in [0.2, 0.25) is 0 Å². The molecule has 98 valence electrons. The first kappa shape index (κ1) is 13.7. The third kappa shape index (κ3) is 2.63. The molecule has 1 amide bonds. The molecule has 0 aliphatic carbocycles. The van der Waals surface area contributed by atoms with Gasteiger partial charge in [0.05, 0.1) is 0 Å². The van der Waals surface area contributed by atoms with Gasteiger partial charge in [0.25, 0.3) is 5.91 Å². The Bertz CT molecular complexity index is 460. The van der Waals surface area contributed by atoms with Crippen LogP contribution in [0.15, 0.2) is 18.2 Å². The molecule has 0 aromatic heterocycles. The Morgan fingerprint density at radius 1 is 1.33 bits per heavy atom. The Morgan fingerprint density at radius 2 is 2.00 bits per heavy atom. The van der Waals surface area contributed by atoms with E-state index in [0.717, 1.165) is 5.56 Å². The molecule has 0 N–H and O–H groups in total. The first-order valence-electron chi connectivity index (χ1n) is 5.97. The predicted molar refractivity (Wildman–Crippen MR) is 72.0 cm³/mol. The largest absolute Gasteiger partial charge is 0.354 e. The zero-order chi connectivity index (χ0) is 13.3. The van der Waals surface area contributed by atoms with E-state index in [-0.39, 0.29) is 12.0 Å². The first-order chi connectivity index (χ1) is 8.58. The van der Waals surface area contributed by atoms with Crippen molar-refractivity contribution in [3.05, 3.63) is 33.8 Å². The van der Waals surface area contributed by atoms with Gasteiger partial charge in [-0.3, -0.25) is 4.79 Å². The molecule has 1 heterocycles. The lowest BCUT2D eigenvalue weighted by molar-refractivity contribution is -0.132. The summed E-state index contributed by atoms with van der Waals surface area (Å²) in [4.78, 5) is 13.8. The van der Waals surface area contributed by atoms with Crippen molar-refractivity contribution in [2.45, 2.75) is 26.1 Å². The summed E-state index contributed by atoms with van der Waals surface area (Å²) in [6.07, 6.45) is -0.633. The van der Waals surface area contributed by atoms with E-state index in [1.54, 1.807) is 17.0 Å². The normalized spacial score (nSPS) is 21.8. The van der Waals surface area contributed by atoms with Crippen LogP contribution in [0, 0.1) is 0 Å². The molecule has 3 nitrogen and oxygen atoms in total. The molecule has 0 saturated carbocycles. The fraction of sp³-hybridized carbons (Fsp3) is 0.462. The number of benzene rings is 1. The third-order valence-corrected chi connectivity index (χ3v) is 3.64. The molecule has 0 bridgehead atoms. The predicted octanol–water partition coefficient (Wildman–Crippen LogP) is 3.30. The summed E-state index contributed by atoms with van der Waals surface area (Å²) >= 11 is 11.9. The topological polar surface area (TPSA) is 32.8 Å². The van der Waals surface area contributed by atoms with Gasteiger partial charge in [-0.05, 0) is 26.0 Å². The van der Waals surface area contributed by atoms with Gasteiger partial charge in [0.15, 0.2) is 6.10 Å². The molecule has 1 aromatic carbocycles. The van der Waals surface area contributed by atoms with Crippen LogP contribution in [0.2, 0.25) is 10.0 Å². The average molecular weight is 288 g/mol. The van der Waals surface area contributed by atoms with Gasteiger partial charge in [0.1, 0.15) is 6.10 Å². The molecular formula is C13H15Cl2NO2. The highest BCUT2D eigenvalue weighted by atomic mass is 35.5. The van der Waals surface area contributed by atoms with E-state index in [4.69, 9.17) is 27.9 Å². The van der Waals surface area contributed by atoms with E-state index < -0.39 is 6.10 Å². The van der Waals surface area contributed by atoms with Gasteiger partial charge in [0, 0.05) is 28.7 Å². The fourth-order valence-electron chi connectivity index (χ4n) is 1.98. The lowest BCUT2D eigenvalue weighted by atomic mass is 10.1. The number of likely N-dealkylation sites (N-methyl/N-ethyl adjacent to an activating group) is 1. The van der Waals surface area contributed by atoms with E-state index in [9.17, 15) is 4.79 Å². The second-order valence-electron chi connectivity index (χ2n) is 4.15. The zero-order valence-electron chi connectivity index (χ0n) is 10.3. The molecule has 0 spiro atoms. The molecule has 2 atom stereocenters. The highest BCUT2D eigenvalue weighted by molar-refractivity contribution is 6.35.